The summed E-state index contributed by atoms with van der Waals surface area (Å²) < 4.78 is 0.871. The summed E-state index contributed by atoms with van der Waals surface area (Å²) in [6.07, 6.45) is 0.521. The Morgan fingerprint density at radius 1 is 1.32 bits per heavy atom. The van der Waals surface area contributed by atoms with Crippen LogP contribution in [0.15, 0.2) is 22.7 Å². The van der Waals surface area contributed by atoms with Crippen LogP contribution in [-0.4, -0.2) is 29.4 Å². The molecule has 1 aromatic carbocycles. The molecule has 0 bridgehead atoms. The number of anilines is 1. The van der Waals surface area contributed by atoms with Gasteiger partial charge in [-0.2, -0.15) is 0 Å². The van der Waals surface area contributed by atoms with Crippen molar-refractivity contribution in [2.24, 2.45) is 11.8 Å². The van der Waals surface area contributed by atoms with Gasteiger partial charge in [0, 0.05) is 23.1 Å². The Labute approximate surface area is 136 Å². The Morgan fingerprint density at radius 3 is 2.68 bits per heavy atom. The molecule has 0 heterocycles. The van der Waals surface area contributed by atoms with Gasteiger partial charge in [0.15, 0.2) is 0 Å². The van der Waals surface area contributed by atoms with Gasteiger partial charge in [-0.25, -0.2) is 0 Å². The van der Waals surface area contributed by atoms with E-state index in [1.807, 2.05) is 25.1 Å². The predicted octanol–water partition coefficient (Wildman–Crippen LogP) is 1.92. The number of aryl methyl sites for hydroxylation is 1. The van der Waals surface area contributed by atoms with Crippen LogP contribution in [0.25, 0.3) is 0 Å². The van der Waals surface area contributed by atoms with E-state index >= 15 is 0 Å². The first-order chi connectivity index (χ1) is 10.4. The number of hydrogen-bond acceptors (Lipinski definition) is 3. The number of rotatable bonds is 6. The number of carbonyl (C=O) groups excluding carboxylic acids is 2. The zero-order chi connectivity index (χ0) is 16.3. The van der Waals surface area contributed by atoms with Crippen LogP contribution >= 0.6 is 15.9 Å². The number of amides is 2. The van der Waals surface area contributed by atoms with Gasteiger partial charge in [0.05, 0.1) is 11.8 Å². The minimum absolute atomic E-state index is 0.141. The highest BCUT2D eigenvalue weighted by Crippen LogP contribution is 2.38. The number of hydrogen-bond donors (Lipinski definition) is 3. The molecule has 1 aliphatic rings. The van der Waals surface area contributed by atoms with Crippen molar-refractivity contribution in [3.8, 4) is 0 Å². The normalized spacial score (nSPS) is 19.4. The van der Waals surface area contributed by atoms with Crippen LogP contribution in [0.5, 0.6) is 0 Å². The lowest BCUT2D eigenvalue weighted by Gasteiger charge is -2.09. The van der Waals surface area contributed by atoms with Gasteiger partial charge in [-0.05, 0) is 31.0 Å². The van der Waals surface area contributed by atoms with Crippen molar-refractivity contribution in [2.75, 3.05) is 11.9 Å². The highest BCUT2D eigenvalue weighted by Gasteiger charge is 2.48. The number of carboxylic acids is 1. The topological polar surface area (TPSA) is 95.5 Å². The molecule has 0 radical (unpaired) electrons. The molecule has 1 aliphatic carbocycles. The lowest BCUT2D eigenvalue weighted by molar-refractivity contribution is -0.140. The van der Waals surface area contributed by atoms with Crippen LogP contribution in [0.4, 0.5) is 5.69 Å². The maximum atomic E-state index is 11.8. The summed E-state index contributed by atoms with van der Waals surface area (Å²) in [7, 11) is 0. The highest BCUT2D eigenvalue weighted by atomic mass is 79.9. The average molecular weight is 369 g/mol. The summed E-state index contributed by atoms with van der Waals surface area (Å²) in [5.41, 5.74) is 1.67. The van der Waals surface area contributed by atoms with E-state index in [1.165, 1.54) is 0 Å². The van der Waals surface area contributed by atoms with Crippen molar-refractivity contribution in [3.05, 3.63) is 28.2 Å². The molecule has 0 spiro atoms. The number of halogens is 1. The number of nitrogens with one attached hydrogen (secondary N) is 2. The Balaban J connectivity index is 1.73. The first-order valence-electron chi connectivity index (χ1n) is 6.95. The third-order valence-electron chi connectivity index (χ3n) is 3.57. The average Bonchev–Trinajstić information content (AvgIpc) is 3.23. The summed E-state index contributed by atoms with van der Waals surface area (Å²) in [5.74, 6) is -2.46. The fourth-order valence-electron chi connectivity index (χ4n) is 2.13. The zero-order valence-electron chi connectivity index (χ0n) is 12.1. The van der Waals surface area contributed by atoms with Crippen molar-refractivity contribution in [1.82, 2.24) is 5.32 Å². The molecule has 2 amide bonds. The van der Waals surface area contributed by atoms with Crippen LogP contribution in [0.2, 0.25) is 0 Å². The van der Waals surface area contributed by atoms with Crippen molar-refractivity contribution < 1.29 is 19.5 Å². The van der Waals surface area contributed by atoms with Gasteiger partial charge in [-0.3, -0.25) is 14.4 Å². The summed E-state index contributed by atoms with van der Waals surface area (Å²) in [6.45, 7) is 2.09. The largest absolute Gasteiger partial charge is 0.481 e. The molecule has 1 saturated carbocycles. The zero-order valence-corrected chi connectivity index (χ0v) is 13.6. The molecule has 0 aliphatic heterocycles. The minimum atomic E-state index is -0.942. The van der Waals surface area contributed by atoms with Gasteiger partial charge in [0.25, 0.3) is 0 Å². The number of aliphatic carboxylic acids is 1. The second-order valence-corrected chi connectivity index (χ2v) is 6.25. The Kier molecular flexibility index (Phi) is 5.18. The first kappa shape index (κ1) is 16.5. The molecule has 0 saturated heterocycles. The van der Waals surface area contributed by atoms with Gasteiger partial charge < -0.3 is 15.7 Å². The molecule has 2 rings (SSSR count). The maximum absolute atomic E-state index is 11.8. The van der Waals surface area contributed by atoms with Crippen LogP contribution < -0.4 is 10.6 Å². The van der Waals surface area contributed by atoms with E-state index in [0.29, 0.717) is 6.42 Å². The monoisotopic (exact) mass is 368 g/mol. The van der Waals surface area contributed by atoms with Crippen molar-refractivity contribution in [1.29, 1.82) is 0 Å². The number of benzene rings is 1. The van der Waals surface area contributed by atoms with Crippen molar-refractivity contribution in [2.45, 2.75) is 19.8 Å². The minimum Gasteiger partial charge on any atom is -0.481 e. The molecule has 6 nitrogen and oxygen atoms in total. The van der Waals surface area contributed by atoms with E-state index in [-0.39, 0.29) is 24.8 Å². The van der Waals surface area contributed by atoms with E-state index in [9.17, 15) is 14.4 Å². The molecule has 2 atom stereocenters. The Morgan fingerprint density at radius 2 is 2.05 bits per heavy atom. The quantitative estimate of drug-likeness (QED) is 0.714. The highest BCUT2D eigenvalue weighted by molar-refractivity contribution is 9.10. The third-order valence-corrected chi connectivity index (χ3v) is 4.06. The molecule has 0 aromatic heterocycles. The number of carboxylic acid groups (broad SMARTS) is 1. The summed E-state index contributed by atoms with van der Waals surface area (Å²) in [5, 5.41) is 14.1. The summed E-state index contributed by atoms with van der Waals surface area (Å²) in [4.78, 5) is 34.2. The van der Waals surface area contributed by atoms with Gasteiger partial charge >= 0.3 is 5.97 Å². The standard InChI is InChI=1S/C15H17BrN2O4/c1-8-2-3-9(16)6-12(8)18-13(19)4-5-17-14(20)10-7-11(10)15(21)22/h2-3,6,10-11H,4-5,7H2,1H3,(H,17,20)(H,18,19)(H,21,22). The predicted molar refractivity (Wildman–Crippen MR) is 84.4 cm³/mol. The SMILES string of the molecule is Cc1ccc(Br)cc1NC(=O)CCNC(=O)C1CC1C(=O)O. The van der Waals surface area contributed by atoms with Gasteiger partial charge in [0.1, 0.15) is 0 Å². The summed E-state index contributed by atoms with van der Waals surface area (Å²) in [6, 6.07) is 5.59. The van der Waals surface area contributed by atoms with Crippen LogP contribution in [0, 0.1) is 18.8 Å². The molecule has 22 heavy (non-hydrogen) atoms. The maximum Gasteiger partial charge on any atom is 0.307 e. The molecule has 2 unspecified atom stereocenters. The third kappa shape index (κ3) is 4.30. The van der Waals surface area contributed by atoms with Gasteiger partial charge in [0.2, 0.25) is 11.8 Å². The molecule has 3 N–H and O–H groups in total. The van der Waals surface area contributed by atoms with Crippen molar-refractivity contribution >= 4 is 39.4 Å². The van der Waals surface area contributed by atoms with Gasteiger partial charge in [-0.15, -0.1) is 0 Å². The van der Waals surface area contributed by atoms with Crippen LogP contribution in [-0.2, 0) is 14.4 Å². The van der Waals surface area contributed by atoms with E-state index in [2.05, 4.69) is 26.6 Å². The molecule has 7 heteroatoms. The molecule has 118 valence electrons. The molecule has 1 aromatic rings. The second kappa shape index (κ2) is 6.91. The van der Waals surface area contributed by atoms with E-state index in [0.717, 1.165) is 15.7 Å². The second-order valence-electron chi connectivity index (χ2n) is 5.34. The molecule has 1 fully saturated rings. The van der Waals surface area contributed by atoms with Crippen LogP contribution in [0.1, 0.15) is 18.4 Å². The number of carbonyl (C=O) groups is 3. The fourth-order valence-corrected chi connectivity index (χ4v) is 2.49. The lowest BCUT2D eigenvalue weighted by Crippen LogP contribution is -2.29. The Bertz CT molecular complexity index is 618. The lowest BCUT2D eigenvalue weighted by atomic mass is 10.2. The van der Waals surface area contributed by atoms with E-state index in [4.69, 9.17) is 5.11 Å². The van der Waals surface area contributed by atoms with E-state index < -0.39 is 17.8 Å². The fraction of sp³-hybridized carbons (Fsp3) is 0.400. The first-order valence-corrected chi connectivity index (χ1v) is 7.74. The van der Waals surface area contributed by atoms with Crippen molar-refractivity contribution in [3.63, 3.8) is 0 Å². The van der Waals surface area contributed by atoms with Crippen LogP contribution in [0.3, 0.4) is 0 Å². The van der Waals surface area contributed by atoms with Gasteiger partial charge in [-0.1, -0.05) is 22.0 Å². The molecular weight excluding hydrogens is 352 g/mol. The molecular formula is C15H17BrN2O4. The van der Waals surface area contributed by atoms with E-state index in [1.54, 1.807) is 0 Å². The smallest absolute Gasteiger partial charge is 0.307 e. The Hall–Kier alpha value is -1.89. The summed E-state index contributed by atoms with van der Waals surface area (Å²) >= 11 is 3.34.